The van der Waals surface area contributed by atoms with Crippen molar-refractivity contribution in [2.75, 3.05) is 19.6 Å². The lowest BCUT2D eigenvalue weighted by Crippen LogP contribution is -2.27. The summed E-state index contributed by atoms with van der Waals surface area (Å²) in [6.45, 7) is 3.05. The Balaban J connectivity index is 0.00000147. The van der Waals surface area contributed by atoms with Crippen LogP contribution in [0.1, 0.15) is 47.5 Å². The standard InChI is InChI=1S/C16H22N2O.ClH/c19-16(18-11-12-1-2-12)15-5-3-13(4-6-15)14-7-9-17-10-8-14;/h3-6,12,14,17H,1-2,7-11H2,(H,18,19);1H. The first-order valence-corrected chi connectivity index (χ1v) is 7.42. The van der Waals surface area contributed by atoms with E-state index in [-0.39, 0.29) is 18.3 Å². The van der Waals surface area contributed by atoms with Gasteiger partial charge in [0.15, 0.2) is 0 Å². The topological polar surface area (TPSA) is 41.1 Å². The van der Waals surface area contributed by atoms with Gasteiger partial charge in [-0.2, -0.15) is 0 Å². The lowest BCUT2D eigenvalue weighted by atomic mass is 9.90. The Kier molecular flexibility index (Phi) is 5.44. The van der Waals surface area contributed by atoms with Crippen molar-refractivity contribution in [2.45, 2.75) is 31.6 Å². The molecule has 1 aromatic rings. The molecule has 1 saturated heterocycles. The Morgan fingerprint density at radius 2 is 1.75 bits per heavy atom. The fraction of sp³-hybridized carbons (Fsp3) is 0.562. The zero-order valence-electron chi connectivity index (χ0n) is 11.7. The number of piperidine rings is 1. The van der Waals surface area contributed by atoms with Crippen LogP contribution in [0.2, 0.25) is 0 Å². The summed E-state index contributed by atoms with van der Waals surface area (Å²) in [6, 6.07) is 8.20. The molecule has 0 atom stereocenters. The van der Waals surface area contributed by atoms with Crippen LogP contribution < -0.4 is 10.6 Å². The van der Waals surface area contributed by atoms with Gasteiger partial charge in [0.25, 0.3) is 5.91 Å². The van der Waals surface area contributed by atoms with Crippen molar-refractivity contribution >= 4 is 18.3 Å². The van der Waals surface area contributed by atoms with Crippen molar-refractivity contribution in [1.29, 1.82) is 0 Å². The highest BCUT2D eigenvalue weighted by molar-refractivity contribution is 5.94. The van der Waals surface area contributed by atoms with E-state index < -0.39 is 0 Å². The lowest BCUT2D eigenvalue weighted by Gasteiger charge is -2.23. The average Bonchev–Trinajstić information content (AvgIpc) is 3.30. The van der Waals surface area contributed by atoms with E-state index in [2.05, 4.69) is 22.8 Å². The number of rotatable bonds is 4. The first-order valence-electron chi connectivity index (χ1n) is 7.42. The molecule has 2 fully saturated rings. The quantitative estimate of drug-likeness (QED) is 0.896. The second-order valence-corrected chi connectivity index (χ2v) is 5.80. The first kappa shape index (κ1) is 15.3. The zero-order chi connectivity index (χ0) is 13.1. The molecule has 2 N–H and O–H groups in total. The number of benzene rings is 1. The third kappa shape index (κ3) is 3.97. The van der Waals surface area contributed by atoms with Crippen LogP contribution in [0.25, 0.3) is 0 Å². The number of hydrogen-bond acceptors (Lipinski definition) is 2. The number of nitrogens with one attached hydrogen (secondary N) is 2. The largest absolute Gasteiger partial charge is 0.352 e. The van der Waals surface area contributed by atoms with E-state index in [1.807, 2.05) is 12.1 Å². The second kappa shape index (κ2) is 7.09. The van der Waals surface area contributed by atoms with Gasteiger partial charge in [-0.3, -0.25) is 4.79 Å². The first-order chi connectivity index (χ1) is 9.33. The summed E-state index contributed by atoms with van der Waals surface area (Å²) in [6.07, 6.45) is 4.95. The Bertz CT molecular complexity index is 436. The molecule has 1 aliphatic carbocycles. The van der Waals surface area contributed by atoms with Crippen LogP contribution in [-0.4, -0.2) is 25.5 Å². The van der Waals surface area contributed by atoms with Gasteiger partial charge in [-0.15, -0.1) is 12.4 Å². The molecule has 1 aliphatic heterocycles. The van der Waals surface area contributed by atoms with E-state index in [1.54, 1.807) is 0 Å². The van der Waals surface area contributed by atoms with E-state index in [0.29, 0.717) is 5.92 Å². The Hall–Kier alpha value is -1.06. The fourth-order valence-electron chi connectivity index (χ4n) is 2.72. The van der Waals surface area contributed by atoms with Crippen LogP contribution >= 0.6 is 12.4 Å². The molecule has 1 heterocycles. The zero-order valence-corrected chi connectivity index (χ0v) is 12.5. The van der Waals surface area contributed by atoms with Crippen LogP contribution in [0.5, 0.6) is 0 Å². The van der Waals surface area contributed by atoms with Crippen LogP contribution in [0.15, 0.2) is 24.3 Å². The van der Waals surface area contributed by atoms with Crippen LogP contribution in [0, 0.1) is 5.92 Å². The summed E-state index contributed by atoms with van der Waals surface area (Å²) in [5.74, 6) is 1.46. The predicted molar refractivity (Wildman–Crippen MR) is 83.6 cm³/mol. The normalized spacial score (nSPS) is 19.2. The van der Waals surface area contributed by atoms with Crippen molar-refractivity contribution in [3.05, 3.63) is 35.4 Å². The molecule has 3 nitrogen and oxygen atoms in total. The van der Waals surface area contributed by atoms with Crippen molar-refractivity contribution in [3.63, 3.8) is 0 Å². The van der Waals surface area contributed by atoms with E-state index in [4.69, 9.17) is 0 Å². The molecular formula is C16H23ClN2O. The third-order valence-electron chi connectivity index (χ3n) is 4.23. The second-order valence-electron chi connectivity index (χ2n) is 5.80. The molecule has 4 heteroatoms. The van der Waals surface area contributed by atoms with Crippen LogP contribution in [-0.2, 0) is 0 Å². The van der Waals surface area contributed by atoms with Gasteiger partial charge in [0.1, 0.15) is 0 Å². The van der Waals surface area contributed by atoms with E-state index in [1.165, 1.54) is 31.2 Å². The van der Waals surface area contributed by atoms with Gasteiger partial charge in [-0.1, -0.05) is 12.1 Å². The third-order valence-corrected chi connectivity index (χ3v) is 4.23. The number of carbonyl (C=O) groups excluding carboxylic acids is 1. The maximum absolute atomic E-state index is 11.9. The number of halogens is 1. The molecule has 0 spiro atoms. The van der Waals surface area contributed by atoms with E-state index in [9.17, 15) is 4.79 Å². The van der Waals surface area contributed by atoms with Gasteiger partial charge < -0.3 is 10.6 Å². The predicted octanol–water partition coefficient (Wildman–Crippen LogP) is 2.72. The molecule has 110 valence electrons. The summed E-state index contributed by atoms with van der Waals surface area (Å²) < 4.78 is 0. The monoisotopic (exact) mass is 294 g/mol. The van der Waals surface area contributed by atoms with E-state index in [0.717, 1.165) is 31.1 Å². The highest BCUT2D eigenvalue weighted by Gasteiger charge is 2.22. The van der Waals surface area contributed by atoms with Crippen molar-refractivity contribution in [3.8, 4) is 0 Å². The van der Waals surface area contributed by atoms with Crippen LogP contribution in [0.3, 0.4) is 0 Å². The minimum atomic E-state index is 0. The number of hydrogen-bond donors (Lipinski definition) is 2. The molecule has 3 rings (SSSR count). The lowest BCUT2D eigenvalue weighted by molar-refractivity contribution is 0.0952. The van der Waals surface area contributed by atoms with Crippen molar-refractivity contribution in [2.24, 2.45) is 5.92 Å². The van der Waals surface area contributed by atoms with Gasteiger partial charge >= 0.3 is 0 Å². The van der Waals surface area contributed by atoms with Crippen molar-refractivity contribution < 1.29 is 4.79 Å². The minimum Gasteiger partial charge on any atom is -0.352 e. The van der Waals surface area contributed by atoms with Gasteiger partial charge in [-0.25, -0.2) is 0 Å². The summed E-state index contributed by atoms with van der Waals surface area (Å²) in [5.41, 5.74) is 2.17. The molecule has 0 bridgehead atoms. The summed E-state index contributed by atoms with van der Waals surface area (Å²) in [5, 5.41) is 6.39. The highest BCUT2D eigenvalue weighted by Crippen LogP contribution is 2.28. The van der Waals surface area contributed by atoms with Gasteiger partial charge in [0.2, 0.25) is 0 Å². The Labute approximate surface area is 126 Å². The molecule has 2 aliphatic rings. The molecule has 0 unspecified atom stereocenters. The minimum absolute atomic E-state index is 0. The highest BCUT2D eigenvalue weighted by atomic mass is 35.5. The maximum Gasteiger partial charge on any atom is 0.251 e. The van der Waals surface area contributed by atoms with Crippen molar-refractivity contribution in [1.82, 2.24) is 10.6 Å². The van der Waals surface area contributed by atoms with E-state index >= 15 is 0 Å². The molecular weight excluding hydrogens is 272 g/mol. The molecule has 20 heavy (non-hydrogen) atoms. The molecule has 0 radical (unpaired) electrons. The van der Waals surface area contributed by atoms with Gasteiger partial charge in [0, 0.05) is 12.1 Å². The molecule has 1 saturated carbocycles. The molecule has 0 aromatic heterocycles. The van der Waals surface area contributed by atoms with Gasteiger partial charge in [0.05, 0.1) is 0 Å². The SMILES string of the molecule is Cl.O=C(NCC1CC1)c1ccc(C2CCNCC2)cc1. The smallest absolute Gasteiger partial charge is 0.251 e. The summed E-state index contributed by atoms with van der Waals surface area (Å²) >= 11 is 0. The maximum atomic E-state index is 11.9. The fourth-order valence-corrected chi connectivity index (χ4v) is 2.72. The molecule has 1 amide bonds. The van der Waals surface area contributed by atoms with Gasteiger partial charge in [-0.05, 0) is 68.3 Å². The summed E-state index contributed by atoms with van der Waals surface area (Å²) in [7, 11) is 0. The Morgan fingerprint density at radius 3 is 2.35 bits per heavy atom. The van der Waals surface area contributed by atoms with Crippen LogP contribution in [0.4, 0.5) is 0 Å². The summed E-state index contributed by atoms with van der Waals surface area (Å²) in [4.78, 5) is 11.9. The average molecular weight is 295 g/mol. The molecule has 1 aromatic carbocycles. The number of amides is 1. The Morgan fingerprint density at radius 1 is 1.10 bits per heavy atom. The number of carbonyl (C=O) groups is 1.